The van der Waals surface area contributed by atoms with Gasteiger partial charge in [0.2, 0.25) is 11.8 Å². The number of benzene rings is 1. The number of urea groups is 1. The van der Waals surface area contributed by atoms with E-state index in [1.54, 1.807) is 0 Å². The zero-order valence-electron chi connectivity index (χ0n) is 18.0. The molecule has 4 amide bonds. The molecule has 0 aliphatic carbocycles. The van der Waals surface area contributed by atoms with E-state index in [-0.39, 0.29) is 36.0 Å². The number of carbonyl (C=O) groups excluding carboxylic acids is 3. The Hall–Kier alpha value is -2.65. The zero-order valence-corrected chi connectivity index (χ0v) is 18.0. The highest BCUT2D eigenvalue weighted by molar-refractivity contribution is 5.89. The molecule has 0 saturated carbocycles. The minimum absolute atomic E-state index is 0.00871. The summed E-state index contributed by atoms with van der Waals surface area (Å²) in [5, 5.41) is 8.81. The van der Waals surface area contributed by atoms with Crippen LogP contribution in [0.15, 0.2) is 30.3 Å². The molecule has 0 unspecified atom stereocenters. The zero-order chi connectivity index (χ0) is 21.8. The summed E-state index contributed by atoms with van der Waals surface area (Å²) in [4.78, 5) is 43.7. The summed E-state index contributed by atoms with van der Waals surface area (Å²) in [5.41, 5.74) is 0.730. The molecule has 0 aromatic heterocycles. The first-order valence-corrected chi connectivity index (χ1v) is 11.1. The second-order valence-electron chi connectivity index (χ2n) is 8.73. The van der Waals surface area contributed by atoms with Gasteiger partial charge in [-0.1, -0.05) is 18.2 Å². The van der Waals surface area contributed by atoms with Gasteiger partial charge < -0.3 is 25.8 Å². The van der Waals surface area contributed by atoms with Crippen LogP contribution in [0.2, 0.25) is 0 Å². The smallest absolute Gasteiger partial charge is 0.319 e. The molecule has 168 valence electrons. The van der Waals surface area contributed by atoms with E-state index < -0.39 is 0 Å². The van der Waals surface area contributed by atoms with Crippen LogP contribution >= 0.6 is 0 Å². The Morgan fingerprint density at radius 3 is 2.61 bits per heavy atom. The molecule has 9 heteroatoms. The summed E-state index contributed by atoms with van der Waals surface area (Å²) >= 11 is 0. The van der Waals surface area contributed by atoms with Crippen molar-refractivity contribution in [3.63, 3.8) is 0 Å². The molecule has 1 aromatic carbocycles. The molecule has 4 rings (SSSR count). The van der Waals surface area contributed by atoms with Crippen molar-refractivity contribution in [3.8, 4) is 0 Å². The van der Waals surface area contributed by atoms with Crippen molar-refractivity contribution in [2.45, 2.75) is 37.4 Å². The number of carbonyl (C=O) groups is 3. The fourth-order valence-electron chi connectivity index (χ4n) is 4.73. The number of piperazine rings is 2. The van der Waals surface area contributed by atoms with E-state index in [9.17, 15) is 14.4 Å². The van der Waals surface area contributed by atoms with Gasteiger partial charge in [-0.25, -0.2) is 4.79 Å². The SMILES string of the molecule is CN1CCN(C(=O)CC[C@H]2CNC(=O)[C@H]3C[C@H](NC(=O)Nc4ccccc4)CN23)CC1. The lowest BCUT2D eigenvalue weighted by Gasteiger charge is -2.38. The molecule has 3 atom stereocenters. The highest BCUT2D eigenvalue weighted by atomic mass is 16.2. The fraction of sp³-hybridized carbons (Fsp3) is 0.591. The van der Waals surface area contributed by atoms with Gasteiger partial charge >= 0.3 is 6.03 Å². The molecular weight excluding hydrogens is 396 g/mol. The van der Waals surface area contributed by atoms with Crippen molar-refractivity contribution in [1.82, 2.24) is 25.3 Å². The number of para-hydroxylation sites is 1. The van der Waals surface area contributed by atoms with E-state index in [0.717, 1.165) is 31.9 Å². The molecule has 3 saturated heterocycles. The lowest BCUT2D eigenvalue weighted by Crippen LogP contribution is -2.58. The number of anilines is 1. The van der Waals surface area contributed by atoms with Crippen LogP contribution in [-0.2, 0) is 9.59 Å². The molecule has 1 aromatic rings. The predicted molar refractivity (Wildman–Crippen MR) is 118 cm³/mol. The van der Waals surface area contributed by atoms with Crippen LogP contribution in [-0.4, -0.2) is 97.0 Å². The number of hydrogen-bond acceptors (Lipinski definition) is 5. The molecule has 3 aliphatic rings. The first-order chi connectivity index (χ1) is 15.0. The van der Waals surface area contributed by atoms with Crippen LogP contribution in [0.1, 0.15) is 19.3 Å². The first kappa shape index (κ1) is 21.6. The van der Waals surface area contributed by atoms with Crippen LogP contribution < -0.4 is 16.0 Å². The molecule has 9 nitrogen and oxygen atoms in total. The number of rotatable bonds is 5. The minimum Gasteiger partial charge on any atom is -0.353 e. The van der Waals surface area contributed by atoms with E-state index in [4.69, 9.17) is 0 Å². The van der Waals surface area contributed by atoms with Gasteiger partial charge in [-0.3, -0.25) is 14.5 Å². The third-order valence-electron chi connectivity index (χ3n) is 6.54. The Bertz CT molecular complexity index is 796. The van der Waals surface area contributed by atoms with Gasteiger partial charge in [0.15, 0.2) is 0 Å². The maximum Gasteiger partial charge on any atom is 0.319 e. The second kappa shape index (κ2) is 9.65. The van der Waals surface area contributed by atoms with Crippen LogP contribution in [0, 0.1) is 0 Å². The maximum absolute atomic E-state index is 12.6. The predicted octanol–water partition coefficient (Wildman–Crippen LogP) is 0.304. The Labute approximate surface area is 183 Å². The van der Waals surface area contributed by atoms with Crippen LogP contribution in [0.5, 0.6) is 0 Å². The maximum atomic E-state index is 12.6. The Balaban J connectivity index is 1.28. The summed E-state index contributed by atoms with van der Waals surface area (Å²) in [6.45, 7) is 4.56. The molecule has 3 fully saturated rings. The topological polar surface area (TPSA) is 97.0 Å². The Morgan fingerprint density at radius 2 is 1.87 bits per heavy atom. The third-order valence-corrected chi connectivity index (χ3v) is 6.54. The number of nitrogens with zero attached hydrogens (tertiary/aromatic N) is 3. The average molecular weight is 429 g/mol. The minimum atomic E-state index is -0.266. The lowest BCUT2D eigenvalue weighted by atomic mass is 10.0. The summed E-state index contributed by atoms with van der Waals surface area (Å²) in [6.07, 6.45) is 1.78. The van der Waals surface area contributed by atoms with Gasteiger partial charge in [-0.05, 0) is 32.0 Å². The molecule has 0 spiro atoms. The summed E-state index contributed by atoms with van der Waals surface area (Å²) < 4.78 is 0. The largest absolute Gasteiger partial charge is 0.353 e. The standard InChI is InChI=1S/C22H32N6O3/c1-26-9-11-27(12-10-26)20(29)8-7-18-14-23-21(30)19-13-17(15-28(18)19)25-22(31)24-16-5-3-2-4-6-16/h2-6,17-19H,7-15H2,1H3,(H,23,30)(H2,24,25,31)/t17-,18-,19+/m0/s1. The molecule has 0 radical (unpaired) electrons. The van der Waals surface area contributed by atoms with Crippen LogP contribution in [0.4, 0.5) is 10.5 Å². The second-order valence-corrected chi connectivity index (χ2v) is 8.73. The van der Waals surface area contributed by atoms with E-state index in [1.807, 2.05) is 35.2 Å². The van der Waals surface area contributed by atoms with Gasteiger partial charge in [-0.2, -0.15) is 0 Å². The quantitative estimate of drug-likeness (QED) is 0.627. The van der Waals surface area contributed by atoms with Gasteiger partial charge in [0.05, 0.1) is 6.04 Å². The first-order valence-electron chi connectivity index (χ1n) is 11.1. The number of fused-ring (bicyclic) bond motifs is 1. The Morgan fingerprint density at radius 1 is 1.13 bits per heavy atom. The monoisotopic (exact) mass is 428 g/mol. The highest BCUT2D eigenvalue weighted by Gasteiger charge is 2.43. The van der Waals surface area contributed by atoms with Crippen LogP contribution in [0.3, 0.4) is 0 Å². The van der Waals surface area contributed by atoms with Crippen LogP contribution in [0.25, 0.3) is 0 Å². The summed E-state index contributed by atoms with van der Waals surface area (Å²) in [6, 6.07) is 8.78. The van der Waals surface area contributed by atoms with E-state index >= 15 is 0 Å². The highest BCUT2D eigenvalue weighted by Crippen LogP contribution is 2.26. The molecule has 3 heterocycles. The van der Waals surface area contributed by atoms with E-state index in [2.05, 4.69) is 32.8 Å². The average Bonchev–Trinajstić information content (AvgIpc) is 3.19. The van der Waals surface area contributed by atoms with Gasteiger partial charge in [-0.15, -0.1) is 0 Å². The molecule has 31 heavy (non-hydrogen) atoms. The molecular formula is C22H32N6O3. The third kappa shape index (κ3) is 5.34. The van der Waals surface area contributed by atoms with E-state index in [0.29, 0.717) is 32.4 Å². The van der Waals surface area contributed by atoms with Gasteiger partial charge in [0.1, 0.15) is 0 Å². The van der Waals surface area contributed by atoms with Crippen molar-refractivity contribution in [3.05, 3.63) is 30.3 Å². The molecule has 3 N–H and O–H groups in total. The Kier molecular flexibility index (Phi) is 6.72. The van der Waals surface area contributed by atoms with Crippen molar-refractivity contribution in [2.24, 2.45) is 0 Å². The summed E-state index contributed by atoms with van der Waals surface area (Å²) in [5.74, 6) is 0.201. The summed E-state index contributed by atoms with van der Waals surface area (Å²) in [7, 11) is 2.07. The van der Waals surface area contributed by atoms with Crippen molar-refractivity contribution in [2.75, 3.05) is 51.6 Å². The number of hydrogen-bond donors (Lipinski definition) is 3. The van der Waals surface area contributed by atoms with Gasteiger partial charge in [0.25, 0.3) is 0 Å². The van der Waals surface area contributed by atoms with Gasteiger partial charge in [0, 0.05) is 63.5 Å². The normalized spacial score (nSPS) is 26.8. The molecule has 0 bridgehead atoms. The fourth-order valence-corrected chi connectivity index (χ4v) is 4.73. The number of likely N-dealkylation sites (N-methyl/N-ethyl adjacent to an activating group) is 1. The van der Waals surface area contributed by atoms with Crippen molar-refractivity contribution in [1.29, 1.82) is 0 Å². The van der Waals surface area contributed by atoms with E-state index in [1.165, 1.54) is 0 Å². The number of amides is 4. The van der Waals surface area contributed by atoms with Crippen molar-refractivity contribution >= 4 is 23.5 Å². The number of nitrogens with one attached hydrogen (secondary N) is 3. The van der Waals surface area contributed by atoms with Crippen molar-refractivity contribution < 1.29 is 14.4 Å². The lowest BCUT2D eigenvalue weighted by molar-refractivity contribution is -0.133. The molecule has 3 aliphatic heterocycles.